The second-order valence-electron chi connectivity index (χ2n) is 12.6. The summed E-state index contributed by atoms with van der Waals surface area (Å²) in [4.78, 5) is 17.8. The van der Waals surface area contributed by atoms with E-state index in [1.54, 1.807) is 18.2 Å². The Morgan fingerprint density at radius 1 is 0.865 bits per heavy atom. The van der Waals surface area contributed by atoms with Crippen LogP contribution in [0, 0.1) is 17.5 Å². The van der Waals surface area contributed by atoms with Gasteiger partial charge in [0.1, 0.15) is 32.2 Å². The SMILES string of the molecule is CC(C)c1nc(-c2ccc(F)c(NS(=O)(=O)c3ccccc3F)c2)c(-c2ccnc(Nc3ccc(N4CCN(CCS(C)(=O)=O)CC4)c(F)c3)n2)s1. The minimum absolute atomic E-state index is 0.0216. The van der Waals surface area contributed by atoms with E-state index in [9.17, 15) is 25.6 Å². The molecule has 0 amide bonds. The molecule has 3 aromatic carbocycles. The van der Waals surface area contributed by atoms with Crippen LogP contribution in [0.5, 0.6) is 0 Å². The molecule has 0 radical (unpaired) electrons. The molecule has 0 atom stereocenters. The number of anilines is 4. The summed E-state index contributed by atoms with van der Waals surface area (Å²) in [5.74, 6) is -1.97. The highest BCUT2D eigenvalue weighted by Gasteiger charge is 2.24. The van der Waals surface area contributed by atoms with Gasteiger partial charge in [0.25, 0.3) is 10.0 Å². The first kappa shape index (κ1) is 37.2. The third-order valence-corrected chi connectivity index (χ3v) is 12.0. The Morgan fingerprint density at radius 3 is 2.31 bits per heavy atom. The molecule has 1 saturated heterocycles. The number of nitrogens with one attached hydrogen (secondary N) is 2. The van der Waals surface area contributed by atoms with Crippen LogP contribution in [0.3, 0.4) is 0 Å². The summed E-state index contributed by atoms with van der Waals surface area (Å²) in [5.41, 5.74) is 1.77. The lowest BCUT2D eigenvalue weighted by Gasteiger charge is -2.36. The van der Waals surface area contributed by atoms with Crippen LogP contribution in [-0.4, -0.2) is 81.4 Å². The monoisotopic (exact) mass is 771 g/mol. The van der Waals surface area contributed by atoms with Gasteiger partial charge in [0, 0.05) is 62.3 Å². The average molecular weight is 772 g/mol. The van der Waals surface area contributed by atoms with Gasteiger partial charge in [-0.2, -0.15) is 0 Å². The van der Waals surface area contributed by atoms with Crippen molar-refractivity contribution in [1.82, 2.24) is 19.9 Å². The Bertz CT molecular complexity index is 2310. The number of piperazine rings is 1. The van der Waals surface area contributed by atoms with E-state index in [-0.39, 0.29) is 23.3 Å². The Morgan fingerprint density at radius 2 is 1.62 bits per heavy atom. The van der Waals surface area contributed by atoms with E-state index in [1.165, 1.54) is 54.1 Å². The molecule has 0 unspecified atom stereocenters. The maximum Gasteiger partial charge on any atom is 0.264 e. The summed E-state index contributed by atoms with van der Waals surface area (Å²) in [5, 5.41) is 3.81. The number of rotatable bonds is 12. The Balaban J connectivity index is 1.22. The lowest BCUT2D eigenvalue weighted by molar-refractivity contribution is 0.271. The number of benzene rings is 3. The minimum Gasteiger partial charge on any atom is -0.367 e. The van der Waals surface area contributed by atoms with Gasteiger partial charge in [0.15, 0.2) is 0 Å². The summed E-state index contributed by atoms with van der Waals surface area (Å²) in [6.45, 7) is 6.74. The lowest BCUT2D eigenvalue weighted by Crippen LogP contribution is -2.47. The highest BCUT2D eigenvalue weighted by Crippen LogP contribution is 2.40. The van der Waals surface area contributed by atoms with Crippen molar-refractivity contribution in [3.63, 3.8) is 0 Å². The largest absolute Gasteiger partial charge is 0.367 e. The van der Waals surface area contributed by atoms with Gasteiger partial charge in [0.05, 0.1) is 38.4 Å². The summed E-state index contributed by atoms with van der Waals surface area (Å²) >= 11 is 1.37. The molecule has 0 saturated carbocycles. The molecule has 11 nitrogen and oxygen atoms in total. The van der Waals surface area contributed by atoms with Crippen LogP contribution in [-0.2, 0) is 19.9 Å². The van der Waals surface area contributed by atoms with Gasteiger partial charge in [-0.3, -0.25) is 9.62 Å². The van der Waals surface area contributed by atoms with E-state index in [0.717, 1.165) is 23.2 Å². The zero-order valence-corrected chi connectivity index (χ0v) is 30.9. The summed E-state index contributed by atoms with van der Waals surface area (Å²) in [6.07, 6.45) is 2.75. The highest BCUT2D eigenvalue weighted by atomic mass is 32.2. The van der Waals surface area contributed by atoms with E-state index in [2.05, 4.69) is 24.9 Å². The second-order valence-corrected chi connectivity index (χ2v) is 17.6. The number of aromatic nitrogens is 3. The number of sulfonamides is 1. The molecule has 2 aromatic heterocycles. The zero-order valence-electron chi connectivity index (χ0n) is 28.5. The molecule has 274 valence electrons. The molecule has 52 heavy (non-hydrogen) atoms. The lowest BCUT2D eigenvalue weighted by atomic mass is 10.1. The number of sulfone groups is 1. The number of halogens is 3. The van der Waals surface area contributed by atoms with Crippen molar-refractivity contribution < 1.29 is 30.0 Å². The van der Waals surface area contributed by atoms with Gasteiger partial charge in [-0.25, -0.2) is 45.0 Å². The van der Waals surface area contributed by atoms with Gasteiger partial charge in [-0.15, -0.1) is 11.3 Å². The standard InChI is InChI=1S/C35H36F3N7O4S3/c1-22(2)34-42-32(23-8-10-25(36)29(20-23)43-52(48,49)31-7-5-4-6-26(31)37)33(50-34)28-12-13-39-35(41-28)40-24-9-11-30(27(38)21-24)45-16-14-44(15-17-45)18-19-51(3,46)47/h4-13,20-22,43H,14-19H2,1-3H3,(H,39,40,41). The first-order valence-corrected chi connectivity index (χ1v) is 20.7. The van der Waals surface area contributed by atoms with Gasteiger partial charge >= 0.3 is 0 Å². The molecule has 1 aliphatic rings. The highest BCUT2D eigenvalue weighted by molar-refractivity contribution is 7.92. The quantitative estimate of drug-likeness (QED) is 0.144. The van der Waals surface area contributed by atoms with Crippen LogP contribution in [0.15, 0.2) is 77.8 Å². The van der Waals surface area contributed by atoms with Crippen molar-refractivity contribution in [1.29, 1.82) is 0 Å². The third-order valence-electron chi connectivity index (χ3n) is 8.33. The Hall–Kier alpha value is -4.58. The smallest absolute Gasteiger partial charge is 0.264 e. The van der Waals surface area contributed by atoms with Crippen LogP contribution in [0.4, 0.5) is 36.2 Å². The second kappa shape index (κ2) is 15.2. The molecular formula is C35H36F3N7O4S3. The van der Waals surface area contributed by atoms with Gasteiger partial charge in [0.2, 0.25) is 5.95 Å². The van der Waals surface area contributed by atoms with E-state index < -0.39 is 42.2 Å². The molecule has 0 aliphatic carbocycles. The van der Waals surface area contributed by atoms with Gasteiger partial charge < -0.3 is 10.2 Å². The predicted molar refractivity (Wildman–Crippen MR) is 198 cm³/mol. The fraction of sp³-hybridized carbons (Fsp3) is 0.286. The minimum atomic E-state index is -4.45. The zero-order chi connectivity index (χ0) is 37.2. The fourth-order valence-electron chi connectivity index (χ4n) is 5.59. The number of nitrogens with zero attached hydrogens (tertiary/aromatic N) is 5. The molecule has 6 rings (SSSR count). The average Bonchev–Trinajstić information content (AvgIpc) is 3.55. The van der Waals surface area contributed by atoms with E-state index in [1.807, 2.05) is 18.7 Å². The normalized spacial score (nSPS) is 14.2. The van der Waals surface area contributed by atoms with Crippen molar-refractivity contribution in [3.05, 3.63) is 95.4 Å². The summed E-state index contributed by atoms with van der Waals surface area (Å²) < 4.78 is 95.8. The summed E-state index contributed by atoms with van der Waals surface area (Å²) in [6, 6.07) is 15.1. The Labute approximate surface area is 304 Å². The predicted octanol–water partition coefficient (Wildman–Crippen LogP) is 6.52. The molecule has 3 heterocycles. The van der Waals surface area contributed by atoms with Gasteiger partial charge in [-0.1, -0.05) is 26.0 Å². The van der Waals surface area contributed by atoms with Crippen LogP contribution in [0.1, 0.15) is 24.8 Å². The molecule has 5 aromatic rings. The van der Waals surface area contributed by atoms with Crippen LogP contribution in [0.2, 0.25) is 0 Å². The fourth-order valence-corrected chi connectivity index (χ4v) is 8.38. The van der Waals surface area contributed by atoms with Crippen molar-refractivity contribution in [2.75, 3.05) is 59.7 Å². The number of hydrogen-bond donors (Lipinski definition) is 2. The molecule has 2 N–H and O–H groups in total. The summed E-state index contributed by atoms with van der Waals surface area (Å²) in [7, 11) is -7.51. The van der Waals surface area contributed by atoms with E-state index in [4.69, 9.17) is 4.98 Å². The maximum atomic E-state index is 15.4. The van der Waals surface area contributed by atoms with Crippen LogP contribution >= 0.6 is 11.3 Å². The first-order valence-electron chi connectivity index (χ1n) is 16.3. The van der Waals surface area contributed by atoms with E-state index >= 15 is 4.39 Å². The molecule has 0 bridgehead atoms. The van der Waals surface area contributed by atoms with Crippen molar-refractivity contribution in [3.8, 4) is 21.8 Å². The molecule has 1 fully saturated rings. The molecule has 17 heteroatoms. The van der Waals surface area contributed by atoms with Crippen molar-refractivity contribution in [2.45, 2.75) is 24.7 Å². The molecule has 0 spiro atoms. The third kappa shape index (κ3) is 8.71. The van der Waals surface area contributed by atoms with Crippen LogP contribution in [0.25, 0.3) is 21.8 Å². The molecule has 1 aliphatic heterocycles. The van der Waals surface area contributed by atoms with Crippen molar-refractivity contribution >= 4 is 54.2 Å². The topological polar surface area (TPSA) is 137 Å². The number of hydrogen-bond acceptors (Lipinski definition) is 11. The van der Waals surface area contributed by atoms with Crippen LogP contribution < -0.4 is 14.9 Å². The van der Waals surface area contributed by atoms with E-state index in [0.29, 0.717) is 65.9 Å². The van der Waals surface area contributed by atoms with Crippen molar-refractivity contribution in [2.24, 2.45) is 0 Å². The maximum absolute atomic E-state index is 15.4. The Kier molecular flexibility index (Phi) is 10.9. The number of thiazole rings is 1. The first-order chi connectivity index (χ1) is 24.7. The molecular weight excluding hydrogens is 736 g/mol. The van der Waals surface area contributed by atoms with Gasteiger partial charge in [-0.05, 0) is 54.6 Å².